The maximum absolute atomic E-state index is 6.20. The molecule has 3 rings (SSSR count). The maximum atomic E-state index is 6.20. The van der Waals surface area contributed by atoms with E-state index in [4.69, 9.17) is 11.6 Å². The van der Waals surface area contributed by atoms with Crippen LogP contribution in [-0.2, 0) is 6.54 Å². The molecule has 0 radical (unpaired) electrons. The second-order valence-corrected chi connectivity index (χ2v) is 4.60. The van der Waals surface area contributed by atoms with Crippen molar-refractivity contribution in [2.75, 3.05) is 6.54 Å². The van der Waals surface area contributed by atoms with Gasteiger partial charge in [0.25, 0.3) is 0 Å². The average molecular weight is 249 g/mol. The summed E-state index contributed by atoms with van der Waals surface area (Å²) in [5, 5.41) is 12.6. The van der Waals surface area contributed by atoms with Gasteiger partial charge in [0.1, 0.15) is 5.82 Å². The summed E-state index contributed by atoms with van der Waals surface area (Å²) < 4.78 is 2.14. The lowest BCUT2D eigenvalue weighted by atomic mass is 10.2. The lowest BCUT2D eigenvalue weighted by molar-refractivity contribution is 0.439. The molecule has 0 bridgehead atoms. The molecular weight excluding hydrogens is 236 g/mol. The Morgan fingerprint density at radius 1 is 1.35 bits per heavy atom. The molecule has 1 aromatic heterocycles. The Morgan fingerprint density at radius 3 is 3.00 bits per heavy atom. The Morgan fingerprint density at radius 2 is 2.18 bits per heavy atom. The molecule has 2 aromatic rings. The molecule has 4 nitrogen and oxygen atoms in total. The van der Waals surface area contributed by atoms with E-state index in [0.717, 1.165) is 30.3 Å². The molecule has 1 aliphatic heterocycles. The quantitative estimate of drug-likeness (QED) is 0.842. The minimum atomic E-state index is 0.243. The highest BCUT2D eigenvalue weighted by molar-refractivity contribution is 6.33. The zero-order valence-corrected chi connectivity index (χ0v) is 10.3. The summed E-state index contributed by atoms with van der Waals surface area (Å²) in [6.45, 7) is 3.91. The van der Waals surface area contributed by atoms with E-state index in [1.54, 1.807) is 0 Å². The lowest BCUT2D eigenvalue weighted by Crippen LogP contribution is -2.32. The minimum absolute atomic E-state index is 0.243. The van der Waals surface area contributed by atoms with Crippen LogP contribution in [0.5, 0.6) is 0 Å². The Bertz CT molecular complexity index is 549. The molecule has 1 aliphatic rings. The molecule has 1 atom stereocenters. The second-order valence-electron chi connectivity index (χ2n) is 4.19. The van der Waals surface area contributed by atoms with E-state index >= 15 is 0 Å². The van der Waals surface area contributed by atoms with Gasteiger partial charge < -0.3 is 9.88 Å². The van der Waals surface area contributed by atoms with Crippen molar-refractivity contribution >= 4 is 11.6 Å². The zero-order valence-electron chi connectivity index (χ0n) is 9.52. The summed E-state index contributed by atoms with van der Waals surface area (Å²) in [5.74, 6) is 1.84. The molecule has 5 heteroatoms. The first-order valence-electron chi connectivity index (χ1n) is 5.69. The summed E-state index contributed by atoms with van der Waals surface area (Å²) in [4.78, 5) is 0. The molecule has 2 heterocycles. The van der Waals surface area contributed by atoms with Crippen molar-refractivity contribution in [2.24, 2.45) is 0 Å². The summed E-state index contributed by atoms with van der Waals surface area (Å²) >= 11 is 6.20. The third kappa shape index (κ3) is 1.73. The number of halogens is 1. The van der Waals surface area contributed by atoms with Crippen LogP contribution in [0.1, 0.15) is 18.8 Å². The van der Waals surface area contributed by atoms with Crippen LogP contribution >= 0.6 is 11.6 Å². The number of hydrogen-bond acceptors (Lipinski definition) is 3. The van der Waals surface area contributed by atoms with Crippen LogP contribution in [0.25, 0.3) is 11.4 Å². The SMILES string of the molecule is CC1NCCn2c(-c3ccccc3Cl)nnc21. The highest BCUT2D eigenvalue weighted by atomic mass is 35.5. The van der Waals surface area contributed by atoms with Crippen molar-refractivity contribution in [3.8, 4) is 11.4 Å². The van der Waals surface area contributed by atoms with E-state index in [9.17, 15) is 0 Å². The average Bonchev–Trinajstić information content (AvgIpc) is 2.75. The zero-order chi connectivity index (χ0) is 11.8. The molecule has 0 aliphatic carbocycles. The molecule has 0 saturated carbocycles. The number of nitrogens with zero attached hydrogens (tertiary/aromatic N) is 3. The van der Waals surface area contributed by atoms with E-state index in [0.29, 0.717) is 5.02 Å². The van der Waals surface area contributed by atoms with Gasteiger partial charge in [0.05, 0.1) is 11.1 Å². The highest BCUT2D eigenvalue weighted by Crippen LogP contribution is 2.28. The minimum Gasteiger partial charge on any atom is -0.308 e. The van der Waals surface area contributed by atoms with Crippen molar-refractivity contribution < 1.29 is 0 Å². The van der Waals surface area contributed by atoms with Gasteiger partial charge in [-0.15, -0.1) is 10.2 Å². The first-order valence-corrected chi connectivity index (χ1v) is 6.06. The number of nitrogens with one attached hydrogen (secondary N) is 1. The van der Waals surface area contributed by atoms with Gasteiger partial charge in [0.15, 0.2) is 5.82 Å². The van der Waals surface area contributed by atoms with E-state index in [1.807, 2.05) is 24.3 Å². The largest absolute Gasteiger partial charge is 0.308 e. The second kappa shape index (κ2) is 4.13. The van der Waals surface area contributed by atoms with Gasteiger partial charge in [-0.25, -0.2) is 0 Å². The molecule has 17 heavy (non-hydrogen) atoms. The van der Waals surface area contributed by atoms with Crippen molar-refractivity contribution in [3.63, 3.8) is 0 Å². The molecular formula is C12H13ClN4. The smallest absolute Gasteiger partial charge is 0.165 e. The van der Waals surface area contributed by atoms with Gasteiger partial charge in [-0.3, -0.25) is 0 Å². The van der Waals surface area contributed by atoms with E-state index in [2.05, 4.69) is 27.0 Å². The van der Waals surface area contributed by atoms with Crippen LogP contribution in [-0.4, -0.2) is 21.3 Å². The molecule has 88 valence electrons. The van der Waals surface area contributed by atoms with Crippen LogP contribution < -0.4 is 5.32 Å². The van der Waals surface area contributed by atoms with Crippen molar-refractivity contribution in [3.05, 3.63) is 35.1 Å². The molecule has 1 unspecified atom stereocenters. The Kier molecular flexibility index (Phi) is 2.61. The predicted octanol–water partition coefficient (Wildman–Crippen LogP) is 2.26. The number of aromatic nitrogens is 3. The van der Waals surface area contributed by atoms with Crippen molar-refractivity contribution in [1.82, 2.24) is 20.1 Å². The summed E-state index contributed by atoms with van der Waals surface area (Å²) in [7, 11) is 0. The fourth-order valence-electron chi connectivity index (χ4n) is 2.18. The Hall–Kier alpha value is -1.39. The van der Waals surface area contributed by atoms with Gasteiger partial charge in [-0.1, -0.05) is 23.7 Å². The molecule has 0 amide bonds. The van der Waals surface area contributed by atoms with E-state index < -0.39 is 0 Å². The first-order chi connectivity index (χ1) is 8.27. The van der Waals surface area contributed by atoms with Crippen LogP contribution in [0.3, 0.4) is 0 Å². The van der Waals surface area contributed by atoms with Gasteiger partial charge in [-0.05, 0) is 19.1 Å². The topological polar surface area (TPSA) is 42.7 Å². The molecule has 0 spiro atoms. The van der Waals surface area contributed by atoms with E-state index in [1.165, 1.54) is 0 Å². The number of hydrogen-bond donors (Lipinski definition) is 1. The third-order valence-corrected chi connectivity index (χ3v) is 3.40. The normalized spacial score (nSPS) is 19.1. The Labute approximate surface area is 105 Å². The molecule has 1 N–H and O–H groups in total. The first kappa shape index (κ1) is 10.7. The summed E-state index contributed by atoms with van der Waals surface area (Å²) in [6.07, 6.45) is 0. The van der Waals surface area contributed by atoms with Crippen LogP contribution in [0.2, 0.25) is 5.02 Å². The highest BCUT2D eigenvalue weighted by Gasteiger charge is 2.22. The maximum Gasteiger partial charge on any atom is 0.165 e. The summed E-state index contributed by atoms with van der Waals surface area (Å²) in [5.41, 5.74) is 0.946. The number of benzene rings is 1. The van der Waals surface area contributed by atoms with Gasteiger partial charge >= 0.3 is 0 Å². The monoisotopic (exact) mass is 248 g/mol. The standard InChI is InChI=1S/C12H13ClN4/c1-8-11-15-16-12(17(11)7-6-14-8)9-4-2-3-5-10(9)13/h2-5,8,14H,6-7H2,1H3. The van der Waals surface area contributed by atoms with Gasteiger partial charge in [-0.2, -0.15) is 0 Å². The number of rotatable bonds is 1. The fourth-order valence-corrected chi connectivity index (χ4v) is 2.40. The lowest BCUT2D eigenvalue weighted by Gasteiger charge is -2.22. The van der Waals surface area contributed by atoms with Crippen molar-refractivity contribution in [1.29, 1.82) is 0 Å². The third-order valence-electron chi connectivity index (χ3n) is 3.07. The van der Waals surface area contributed by atoms with Gasteiger partial charge in [0, 0.05) is 18.7 Å². The number of fused-ring (bicyclic) bond motifs is 1. The molecule has 1 aromatic carbocycles. The molecule has 0 saturated heterocycles. The van der Waals surface area contributed by atoms with E-state index in [-0.39, 0.29) is 6.04 Å². The van der Waals surface area contributed by atoms with Crippen LogP contribution in [0.15, 0.2) is 24.3 Å². The van der Waals surface area contributed by atoms with Crippen LogP contribution in [0, 0.1) is 0 Å². The summed E-state index contributed by atoms with van der Waals surface area (Å²) in [6, 6.07) is 7.99. The van der Waals surface area contributed by atoms with Crippen molar-refractivity contribution in [2.45, 2.75) is 19.5 Å². The Balaban J connectivity index is 2.14. The predicted molar refractivity (Wildman–Crippen MR) is 66.9 cm³/mol. The van der Waals surface area contributed by atoms with Gasteiger partial charge in [0.2, 0.25) is 0 Å². The fraction of sp³-hybridized carbons (Fsp3) is 0.333. The molecule has 0 fully saturated rings. The van der Waals surface area contributed by atoms with Crippen LogP contribution in [0.4, 0.5) is 0 Å².